The van der Waals surface area contributed by atoms with Crippen LogP contribution in [0, 0.1) is 5.82 Å². The molecule has 0 unspecified atom stereocenters. The lowest BCUT2D eigenvalue weighted by Gasteiger charge is -2.15. The molecule has 0 N–H and O–H groups in total. The number of hydrogen-bond acceptors (Lipinski definition) is 4. The number of esters is 1. The summed E-state index contributed by atoms with van der Waals surface area (Å²) in [5.74, 6) is 0.720. The number of rotatable bonds is 4. The van der Waals surface area contributed by atoms with Crippen LogP contribution in [0.15, 0.2) is 42.5 Å². The fourth-order valence-corrected chi connectivity index (χ4v) is 3.72. The molecular weight excluding hydrogens is 369 g/mol. The van der Waals surface area contributed by atoms with Gasteiger partial charge in [-0.05, 0) is 48.7 Å². The zero-order valence-corrected chi connectivity index (χ0v) is 15.6. The van der Waals surface area contributed by atoms with Gasteiger partial charge in [-0.15, -0.1) is 10.2 Å². The molecule has 1 aromatic heterocycles. The Bertz CT molecular complexity index is 1030. The highest BCUT2D eigenvalue weighted by Crippen LogP contribution is 2.53. The Morgan fingerprint density at radius 2 is 1.89 bits per heavy atom. The van der Waals surface area contributed by atoms with Gasteiger partial charge in [0.15, 0.2) is 5.82 Å². The summed E-state index contributed by atoms with van der Waals surface area (Å²) in [5.41, 5.74) is 1.84. The van der Waals surface area contributed by atoms with E-state index >= 15 is 0 Å². The second kappa shape index (κ2) is 6.46. The lowest BCUT2D eigenvalue weighted by Crippen LogP contribution is -2.15. The van der Waals surface area contributed by atoms with Crippen LogP contribution in [0.2, 0.25) is 5.02 Å². The number of carbonyl (C=O) groups is 1. The van der Waals surface area contributed by atoms with Crippen LogP contribution in [-0.4, -0.2) is 27.8 Å². The van der Waals surface area contributed by atoms with E-state index < -0.39 is 5.97 Å². The molecule has 1 aliphatic carbocycles. The van der Waals surface area contributed by atoms with Crippen LogP contribution in [0.4, 0.5) is 4.39 Å². The van der Waals surface area contributed by atoms with Crippen molar-refractivity contribution in [2.75, 3.05) is 7.11 Å². The number of ether oxygens (including phenoxy) is 1. The molecule has 0 spiro atoms. The Balaban J connectivity index is 1.73. The van der Waals surface area contributed by atoms with Crippen LogP contribution < -0.4 is 0 Å². The lowest BCUT2D eigenvalue weighted by molar-refractivity contribution is 0.0600. The van der Waals surface area contributed by atoms with E-state index in [1.165, 1.54) is 19.2 Å². The van der Waals surface area contributed by atoms with Crippen LogP contribution in [0.1, 0.15) is 34.6 Å². The number of methoxy groups -OCH3 is 1. The first-order valence-corrected chi connectivity index (χ1v) is 8.88. The first-order chi connectivity index (χ1) is 13.0. The molecule has 1 saturated carbocycles. The minimum absolute atomic E-state index is 0.244. The Morgan fingerprint density at radius 3 is 2.48 bits per heavy atom. The van der Waals surface area contributed by atoms with E-state index in [2.05, 4.69) is 10.2 Å². The molecule has 5 nitrogen and oxygen atoms in total. The summed E-state index contributed by atoms with van der Waals surface area (Å²) < 4.78 is 19.9. The molecule has 0 aliphatic heterocycles. The molecule has 138 valence electrons. The van der Waals surface area contributed by atoms with Gasteiger partial charge >= 0.3 is 5.97 Å². The molecule has 7 heteroatoms. The van der Waals surface area contributed by atoms with Gasteiger partial charge in [-0.1, -0.05) is 23.7 Å². The van der Waals surface area contributed by atoms with Gasteiger partial charge in [-0.3, -0.25) is 0 Å². The maximum absolute atomic E-state index is 13.3. The summed E-state index contributed by atoms with van der Waals surface area (Å²) >= 11 is 6.38. The maximum atomic E-state index is 13.3. The average Bonchev–Trinajstić information content (AvgIpc) is 3.38. The third-order valence-electron chi connectivity index (χ3n) is 5.08. The number of nitrogens with zero attached hydrogens (tertiary/aromatic N) is 3. The highest BCUT2D eigenvalue weighted by molar-refractivity contribution is 6.33. The van der Waals surface area contributed by atoms with Gasteiger partial charge in [-0.25, -0.2) is 9.18 Å². The first-order valence-electron chi connectivity index (χ1n) is 8.50. The van der Waals surface area contributed by atoms with E-state index in [-0.39, 0.29) is 11.2 Å². The van der Waals surface area contributed by atoms with Gasteiger partial charge in [0.2, 0.25) is 0 Å². The third-order valence-corrected chi connectivity index (χ3v) is 5.39. The zero-order valence-electron chi connectivity index (χ0n) is 14.9. The van der Waals surface area contributed by atoms with Crippen molar-refractivity contribution in [3.05, 3.63) is 70.3 Å². The largest absolute Gasteiger partial charge is 0.465 e. The van der Waals surface area contributed by atoms with E-state index in [0.29, 0.717) is 22.0 Å². The monoisotopic (exact) mass is 385 g/mol. The van der Waals surface area contributed by atoms with Gasteiger partial charge in [0.05, 0.1) is 23.1 Å². The molecule has 0 atom stereocenters. The SMILES string of the molecule is COC(=O)c1ccc(-c2nnc(C3(c4ccc(F)cc4)CC3)n2C)c(Cl)c1. The third kappa shape index (κ3) is 2.90. The van der Waals surface area contributed by atoms with Crippen molar-refractivity contribution < 1.29 is 13.9 Å². The molecular formula is C20H17ClFN3O2. The zero-order chi connectivity index (χ0) is 19.2. The molecule has 0 amide bonds. The number of benzene rings is 2. The highest BCUT2D eigenvalue weighted by Gasteiger charge is 2.50. The van der Waals surface area contributed by atoms with Gasteiger partial charge in [-0.2, -0.15) is 0 Å². The summed E-state index contributed by atoms with van der Waals surface area (Å²) in [7, 11) is 3.21. The number of hydrogen-bond donors (Lipinski definition) is 0. The Hall–Kier alpha value is -2.73. The summed E-state index contributed by atoms with van der Waals surface area (Å²) in [6.45, 7) is 0. The van der Waals surface area contributed by atoms with Gasteiger partial charge in [0.1, 0.15) is 11.6 Å². The molecule has 3 aromatic rings. The van der Waals surface area contributed by atoms with Crippen LogP contribution in [0.3, 0.4) is 0 Å². The van der Waals surface area contributed by atoms with Crippen LogP contribution in [0.5, 0.6) is 0 Å². The molecule has 2 aromatic carbocycles. The molecule has 1 heterocycles. The van der Waals surface area contributed by atoms with Crippen molar-refractivity contribution in [3.63, 3.8) is 0 Å². The summed E-state index contributed by atoms with van der Waals surface area (Å²) in [6.07, 6.45) is 1.86. The van der Waals surface area contributed by atoms with Crippen molar-refractivity contribution in [2.24, 2.45) is 7.05 Å². The van der Waals surface area contributed by atoms with Crippen molar-refractivity contribution in [3.8, 4) is 11.4 Å². The van der Waals surface area contributed by atoms with E-state index in [0.717, 1.165) is 24.2 Å². The summed E-state index contributed by atoms with van der Waals surface area (Å²) in [5, 5.41) is 9.13. The Kier molecular flexibility index (Phi) is 4.23. The normalized spacial score (nSPS) is 14.8. The minimum atomic E-state index is -0.449. The van der Waals surface area contributed by atoms with Gasteiger partial charge in [0.25, 0.3) is 0 Å². The van der Waals surface area contributed by atoms with Crippen LogP contribution in [-0.2, 0) is 17.2 Å². The Labute approximate surface area is 160 Å². The van der Waals surface area contributed by atoms with E-state index in [1.54, 1.807) is 30.3 Å². The van der Waals surface area contributed by atoms with E-state index in [4.69, 9.17) is 16.3 Å². The maximum Gasteiger partial charge on any atom is 0.337 e. The average molecular weight is 386 g/mol. The fourth-order valence-electron chi connectivity index (χ4n) is 3.46. The molecule has 4 rings (SSSR count). The van der Waals surface area contributed by atoms with Gasteiger partial charge in [0, 0.05) is 12.6 Å². The smallest absolute Gasteiger partial charge is 0.337 e. The molecule has 27 heavy (non-hydrogen) atoms. The quantitative estimate of drug-likeness (QED) is 0.633. The van der Waals surface area contributed by atoms with E-state index in [1.807, 2.05) is 11.6 Å². The lowest BCUT2D eigenvalue weighted by atomic mass is 9.95. The number of carbonyl (C=O) groups excluding carboxylic acids is 1. The van der Waals surface area contributed by atoms with Crippen molar-refractivity contribution in [1.82, 2.24) is 14.8 Å². The second-order valence-corrected chi connectivity index (χ2v) is 7.09. The van der Waals surface area contributed by atoms with Crippen molar-refractivity contribution in [2.45, 2.75) is 18.3 Å². The minimum Gasteiger partial charge on any atom is -0.465 e. The molecule has 0 bridgehead atoms. The molecule has 1 aliphatic rings. The first kappa shape index (κ1) is 17.7. The molecule has 0 saturated heterocycles. The highest BCUT2D eigenvalue weighted by atomic mass is 35.5. The summed E-state index contributed by atoms with van der Waals surface area (Å²) in [4.78, 5) is 11.7. The van der Waals surface area contributed by atoms with Crippen LogP contribution >= 0.6 is 11.6 Å². The number of aromatic nitrogens is 3. The number of halogens is 2. The Morgan fingerprint density at radius 1 is 1.19 bits per heavy atom. The van der Waals surface area contributed by atoms with Gasteiger partial charge < -0.3 is 9.30 Å². The predicted octanol–water partition coefficient (Wildman–Crippen LogP) is 4.14. The standard InChI is InChI=1S/C20H17ClFN3O2/c1-25-17(15-8-3-12(11-16(15)21)18(26)27-2)23-24-19(25)20(9-10-20)13-4-6-14(22)7-5-13/h3-8,11H,9-10H2,1-2H3. The summed E-state index contributed by atoms with van der Waals surface area (Å²) in [6, 6.07) is 11.5. The van der Waals surface area contributed by atoms with Crippen molar-refractivity contribution >= 4 is 17.6 Å². The van der Waals surface area contributed by atoms with E-state index in [9.17, 15) is 9.18 Å². The molecule has 0 radical (unpaired) electrons. The second-order valence-electron chi connectivity index (χ2n) is 6.68. The molecule has 1 fully saturated rings. The van der Waals surface area contributed by atoms with Crippen LogP contribution in [0.25, 0.3) is 11.4 Å². The topological polar surface area (TPSA) is 57.0 Å². The fraction of sp³-hybridized carbons (Fsp3) is 0.250. The predicted molar refractivity (Wildman–Crippen MR) is 99.2 cm³/mol. The van der Waals surface area contributed by atoms with Crippen molar-refractivity contribution in [1.29, 1.82) is 0 Å².